The molecule has 1 saturated carbocycles. The number of nitrogens with two attached hydrogens (primary N) is 1. The number of nitrogens with zero attached hydrogens (tertiary/aromatic N) is 3. The van der Waals surface area contributed by atoms with Crippen molar-refractivity contribution >= 4 is 17.4 Å². The Morgan fingerprint density at radius 2 is 2.17 bits per heavy atom. The Labute approximate surface area is 138 Å². The average Bonchev–Trinajstić information content (AvgIpc) is 2.93. The zero-order chi connectivity index (χ0) is 16.5. The summed E-state index contributed by atoms with van der Waals surface area (Å²) in [4.78, 5) is 4.26. The summed E-state index contributed by atoms with van der Waals surface area (Å²) in [7, 11) is 0. The highest BCUT2D eigenvalue weighted by atomic mass is 35.5. The van der Waals surface area contributed by atoms with Gasteiger partial charge in [0.2, 0.25) is 0 Å². The summed E-state index contributed by atoms with van der Waals surface area (Å²) in [5, 5.41) is 20.3. The number of fused-ring (bicyclic) bond motifs is 2. The molecule has 7 heteroatoms. The van der Waals surface area contributed by atoms with Gasteiger partial charge in [-0.15, -0.1) is 0 Å². The molecule has 0 radical (unpaired) electrons. The summed E-state index contributed by atoms with van der Waals surface area (Å²) in [5.74, 6) is -1.93. The smallest absolute Gasteiger partial charge is 0.293 e. The van der Waals surface area contributed by atoms with Gasteiger partial charge in [-0.2, -0.15) is 10.5 Å². The molecule has 4 rings (SSSR count). The van der Waals surface area contributed by atoms with Gasteiger partial charge in [-0.25, -0.2) is 4.99 Å². The van der Waals surface area contributed by atoms with Gasteiger partial charge in [0.15, 0.2) is 5.41 Å². The molecule has 23 heavy (non-hydrogen) atoms. The van der Waals surface area contributed by atoms with E-state index in [0.717, 1.165) is 5.56 Å². The number of amidine groups is 1. The van der Waals surface area contributed by atoms with E-state index in [1.807, 2.05) is 13.0 Å². The number of benzene rings is 1. The van der Waals surface area contributed by atoms with E-state index in [9.17, 15) is 10.5 Å². The van der Waals surface area contributed by atoms with Gasteiger partial charge in [-0.1, -0.05) is 23.7 Å². The van der Waals surface area contributed by atoms with Gasteiger partial charge in [0, 0.05) is 10.9 Å². The lowest BCUT2D eigenvalue weighted by molar-refractivity contribution is -0.193. The molecule has 2 fully saturated rings. The number of hydrogen-bond donors (Lipinski definition) is 1. The van der Waals surface area contributed by atoms with Crippen LogP contribution in [0.1, 0.15) is 18.4 Å². The van der Waals surface area contributed by atoms with Crippen LogP contribution in [0, 0.1) is 33.5 Å². The molecule has 1 aliphatic carbocycles. The standard InChI is InChI=1S/C16H13ClN4O2/c1-9-6-22-16(23-9)15(8-19)12(10-3-2-4-11(17)5-10)14(15,7-18)13(20)21-16/h2-5,9,12H,6H2,1H3,(H2,20,21)/t9-,12+,14+,15+,16-/m0/s1. The zero-order valence-electron chi connectivity index (χ0n) is 12.3. The average molecular weight is 329 g/mol. The highest BCUT2D eigenvalue weighted by Gasteiger charge is 2.94. The number of nitriles is 2. The van der Waals surface area contributed by atoms with Crippen molar-refractivity contribution in [3.8, 4) is 12.1 Å². The summed E-state index contributed by atoms with van der Waals surface area (Å²) in [6, 6.07) is 11.5. The molecule has 1 aromatic carbocycles. The first-order chi connectivity index (χ1) is 11.0. The normalized spacial score (nSPS) is 43.6. The second-order valence-corrected chi connectivity index (χ2v) is 6.58. The van der Waals surface area contributed by atoms with E-state index in [1.165, 1.54) is 0 Å². The predicted molar refractivity (Wildman–Crippen MR) is 81.1 cm³/mol. The Morgan fingerprint density at radius 1 is 1.39 bits per heavy atom. The van der Waals surface area contributed by atoms with Crippen LogP contribution >= 0.6 is 11.6 Å². The third kappa shape index (κ3) is 1.38. The zero-order valence-corrected chi connectivity index (χ0v) is 13.0. The number of halogens is 1. The first-order valence-electron chi connectivity index (χ1n) is 7.23. The van der Waals surface area contributed by atoms with E-state index in [0.29, 0.717) is 11.6 Å². The number of rotatable bonds is 1. The fourth-order valence-electron chi connectivity index (χ4n) is 4.05. The Kier molecular flexibility index (Phi) is 2.67. The van der Waals surface area contributed by atoms with Crippen molar-refractivity contribution in [3.63, 3.8) is 0 Å². The Bertz CT molecular complexity index is 828. The van der Waals surface area contributed by atoms with Crippen LogP contribution in [0.25, 0.3) is 0 Å². The van der Waals surface area contributed by atoms with E-state index in [4.69, 9.17) is 26.8 Å². The second-order valence-electron chi connectivity index (χ2n) is 6.15. The maximum absolute atomic E-state index is 9.97. The Hall–Kier alpha value is -2.12. The van der Waals surface area contributed by atoms with Gasteiger partial charge in [0.1, 0.15) is 11.3 Å². The van der Waals surface area contributed by atoms with E-state index < -0.39 is 22.7 Å². The van der Waals surface area contributed by atoms with Crippen LogP contribution in [-0.2, 0) is 9.47 Å². The molecular formula is C16H13ClN4O2. The summed E-state index contributed by atoms with van der Waals surface area (Å²) in [6.45, 7) is 2.12. The summed E-state index contributed by atoms with van der Waals surface area (Å²) >= 11 is 6.07. The maximum atomic E-state index is 9.97. The molecule has 0 amide bonds. The monoisotopic (exact) mass is 328 g/mol. The fraction of sp³-hybridized carbons (Fsp3) is 0.438. The summed E-state index contributed by atoms with van der Waals surface area (Å²) in [6.07, 6.45) is -0.230. The molecular weight excluding hydrogens is 316 g/mol. The molecule has 6 nitrogen and oxygen atoms in total. The first kappa shape index (κ1) is 14.5. The van der Waals surface area contributed by atoms with Gasteiger partial charge >= 0.3 is 0 Å². The minimum Gasteiger partial charge on any atom is -0.386 e. The Balaban J connectivity index is 1.93. The van der Waals surface area contributed by atoms with Crippen LogP contribution in [0.3, 0.4) is 0 Å². The third-order valence-electron chi connectivity index (χ3n) is 4.98. The maximum Gasteiger partial charge on any atom is 0.293 e. The molecule has 1 aromatic rings. The molecule has 2 heterocycles. The fourth-order valence-corrected chi connectivity index (χ4v) is 4.25. The molecule has 1 spiro atoms. The Morgan fingerprint density at radius 3 is 2.74 bits per heavy atom. The van der Waals surface area contributed by atoms with Gasteiger partial charge < -0.3 is 15.2 Å². The van der Waals surface area contributed by atoms with Gasteiger partial charge in [-0.05, 0) is 24.6 Å². The SMILES string of the molecule is C[C@H]1CO[C@]2(N=C(N)[C@@]3(C#N)[C@@H](c4cccc(Cl)c4)[C@@]23C#N)O1. The molecule has 2 aliphatic heterocycles. The number of hydrogen-bond acceptors (Lipinski definition) is 6. The van der Waals surface area contributed by atoms with E-state index in [2.05, 4.69) is 17.1 Å². The summed E-state index contributed by atoms with van der Waals surface area (Å²) in [5.41, 5.74) is 4.28. The summed E-state index contributed by atoms with van der Waals surface area (Å²) < 4.78 is 11.6. The van der Waals surface area contributed by atoms with E-state index in [1.54, 1.807) is 18.2 Å². The topological polar surface area (TPSA) is 104 Å². The highest BCUT2D eigenvalue weighted by Crippen LogP contribution is 2.82. The van der Waals surface area contributed by atoms with Gasteiger partial charge in [0.25, 0.3) is 5.91 Å². The predicted octanol–water partition coefficient (Wildman–Crippen LogP) is 1.92. The minimum absolute atomic E-state index is 0.0839. The van der Waals surface area contributed by atoms with Crippen LogP contribution < -0.4 is 5.73 Å². The molecule has 0 unspecified atom stereocenters. The minimum atomic E-state index is -1.52. The lowest BCUT2D eigenvalue weighted by atomic mass is 9.94. The van der Waals surface area contributed by atoms with E-state index >= 15 is 0 Å². The van der Waals surface area contributed by atoms with Gasteiger partial charge in [0.05, 0.1) is 24.8 Å². The highest BCUT2D eigenvalue weighted by molar-refractivity contribution is 6.30. The van der Waals surface area contributed by atoms with E-state index in [-0.39, 0.29) is 11.9 Å². The molecule has 5 atom stereocenters. The number of ether oxygens (including phenoxy) is 2. The molecule has 1 saturated heterocycles. The van der Waals surface area contributed by atoms with Crippen molar-refractivity contribution in [2.24, 2.45) is 21.6 Å². The number of aliphatic imine (C=N–C) groups is 1. The second kappa shape index (κ2) is 4.24. The molecule has 2 N–H and O–H groups in total. The lowest BCUT2D eigenvalue weighted by Crippen LogP contribution is -2.39. The van der Waals surface area contributed by atoms with Crippen LogP contribution in [-0.4, -0.2) is 24.5 Å². The molecule has 0 aromatic heterocycles. The van der Waals surface area contributed by atoms with Crippen LogP contribution in [0.5, 0.6) is 0 Å². The largest absolute Gasteiger partial charge is 0.386 e. The van der Waals surface area contributed by atoms with Crippen LogP contribution in [0.15, 0.2) is 29.3 Å². The molecule has 0 bridgehead atoms. The van der Waals surface area contributed by atoms with Crippen molar-refractivity contribution in [2.45, 2.75) is 24.9 Å². The molecule has 3 aliphatic rings. The van der Waals surface area contributed by atoms with Crippen LogP contribution in [0.2, 0.25) is 5.02 Å². The molecule has 116 valence electrons. The van der Waals surface area contributed by atoms with Crippen LogP contribution in [0.4, 0.5) is 0 Å². The van der Waals surface area contributed by atoms with Crippen molar-refractivity contribution in [2.75, 3.05) is 6.61 Å². The van der Waals surface area contributed by atoms with Crippen molar-refractivity contribution < 1.29 is 9.47 Å². The first-order valence-corrected chi connectivity index (χ1v) is 7.61. The van der Waals surface area contributed by atoms with Gasteiger partial charge in [-0.3, -0.25) is 0 Å². The third-order valence-corrected chi connectivity index (χ3v) is 5.22. The van der Waals surface area contributed by atoms with Crippen molar-refractivity contribution in [1.82, 2.24) is 0 Å². The van der Waals surface area contributed by atoms with Crippen molar-refractivity contribution in [3.05, 3.63) is 34.9 Å². The lowest BCUT2D eigenvalue weighted by Gasteiger charge is -2.26. The quantitative estimate of drug-likeness (QED) is 0.848. The van der Waals surface area contributed by atoms with Crippen molar-refractivity contribution in [1.29, 1.82) is 10.5 Å².